The van der Waals surface area contributed by atoms with Gasteiger partial charge in [-0.25, -0.2) is 0 Å². The fourth-order valence-electron chi connectivity index (χ4n) is 0.905. The van der Waals surface area contributed by atoms with Crippen LogP contribution >= 0.6 is 0 Å². The quantitative estimate of drug-likeness (QED) is 0.502. The summed E-state index contributed by atoms with van der Waals surface area (Å²) in [6, 6.07) is 5.43. The highest BCUT2D eigenvalue weighted by molar-refractivity contribution is 5.58. The van der Waals surface area contributed by atoms with Gasteiger partial charge in [-0.3, -0.25) is 0 Å². The van der Waals surface area contributed by atoms with E-state index in [0.717, 1.165) is 11.3 Å². The molecule has 0 spiro atoms. The second kappa shape index (κ2) is 3.68. The van der Waals surface area contributed by atoms with Gasteiger partial charge in [-0.1, -0.05) is 5.92 Å². The monoisotopic (exact) mass is 161 g/mol. The Labute approximate surface area is 72.3 Å². The molecule has 0 aliphatic carbocycles. The summed E-state index contributed by atoms with van der Waals surface area (Å²) < 4.78 is 5.03. The third kappa shape index (κ3) is 1.70. The number of hydrogen-bond acceptors (Lipinski definition) is 2. The van der Waals surface area contributed by atoms with Crippen molar-refractivity contribution in [2.45, 2.75) is 6.92 Å². The summed E-state index contributed by atoms with van der Waals surface area (Å²) in [5.41, 5.74) is 7.17. The molecule has 0 saturated heterocycles. The van der Waals surface area contributed by atoms with Gasteiger partial charge in [0.25, 0.3) is 0 Å². The lowest BCUT2D eigenvalue weighted by Gasteiger charge is -2.01. The minimum absolute atomic E-state index is 0.685. The molecule has 0 atom stereocenters. The van der Waals surface area contributed by atoms with Crippen molar-refractivity contribution in [3.8, 4) is 17.6 Å². The molecule has 2 N–H and O–H groups in total. The van der Waals surface area contributed by atoms with Crippen LogP contribution in [0.15, 0.2) is 18.2 Å². The fourth-order valence-corrected chi connectivity index (χ4v) is 0.905. The molecule has 2 heteroatoms. The Balaban J connectivity index is 3.14. The number of anilines is 1. The SMILES string of the molecule is CC#Cc1cc(OC)ccc1N. The number of ether oxygens (including phenoxy) is 1. The number of nitrogen functional groups attached to an aromatic ring is 1. The molecule has 0 saturated carbocycles. The van der Waals surface area contributed by atoms with E-state index in [-0.39, 0.29) is 0 Å². The van der Waals surface area contributed by atoms with Crippen molar-refractivity contribution in [1.82, 2.24) is 0 Å². The van der Waals surface area contributed by atoms with Gasteiger partial charge >= 0.3 is 0 Å². The summed E-state index contributed by atoms with van der Waals surface area (Å²) in [7, 11) is 1.62. The van der Waals surface area contributed by atoms with Gasteiger partial charge < -0.3 is 10.5 Å². The third-order valence-corrected chi connectivity index (χ3v) is 1.52. The standard InChI is InChI=1S/C10H11NO/c1-3-4-8-7-9(12-2)5-6-10(8)11/h5-7H,11H2,1-2H3. The Bertz CT molecular complexity index is 333. The molecular weight excluding hydrogens is 150 g/mol. The Kier molecular flexibility index (Phi) is 2.60. The van der Waals surface area contributed by atoms with E-state index in [2.05, 4.69) is 11.8 Å². The first-order valence-corrected chi connectivity index (χ1v) is 3.64. The molecule has 0 aromatic heterocycles. The molecule has 0 unspecified atom stereocenters. The van der Waals surface area contributed by atoms with Crippen molar-refractivity contribution in [2.24, 2.45) is 0 Å². The molecule has 1 aromatic rings. The zero-order valence-electron chi connectivity index (χ0n) is 7.22. The molecule has 0 amide bonds. The lowest BCUT2D eigenvalue weighted by atomic mass is 10.2. The zero-order chi connectivity index (χ0) is 8.97. The molecule has 1 rings (SSSR count). The lowest BCUT2D eigenvalue weighted by Crippen LogP contribution is -1.91. The predicted molar refractivity (Wildman–Crippen MR) is 50.0 cm³/mol. The highest BCUT2D eigenvalue weighted by Gasteiger charge is 1.96. The molecule has 0 aliphatic rings. The van der Waals surface area contributed by atoms with E-state index in [9.17, 15) is 0 Å². The highest BCUT2D eigenvalue weighted by Crippen LogP contribution is 2.17. The molecule has 0 bridgehead atoms. The second-order valence-corrected chi connectivity index (χ2v) is 2.33. The Morgan fingerprint density at radius 2 is 2.17 bits per heavy atom. The smallest absolute Gasteiger partial charge is 0.120 e. The molecule has 12 heavy (non-hydrogen) atoms. The van der Waals surface area contributed by atoms with E-state index >= 15 is 0 Å². The molecule has 1 aromatic carbocycles. The van der Waals surface area contributed by atoms with Crippen molar-refractivity contribution in [1.29, 1.82) is 0 Å². The van der Waals surface area contributed by atoms with Gasteiger partial charge in [-0.15, -0.1) is 5.92 Å². The van der Waals surface area contributed by atoms with Crippen LogP contribution in [0.2, 0.25) is 0 Å². The minimum Gasteiger partial charge on any atom is -0.497 e. The first-order chi connectivity index (χ1) is 5.77. The summed E-state index contributed by atoms with van der Waals surface area (Å²) in [4.78, 5) is 0. The van der Waals surface area contributed by atoms with Crippen LogP contribution in [-0.4, -0.2) is 7.11 Å². The average molecular weight is 161 g/mol. The van der Waals surface area contributed by atoms with Gasteiger partial charge in [0.15, 0.2) is 0 Å². The molecule has 0 heterocycles. The van der Waals surface area contributed by atoms with Crippen molar-refractivity contribution < 1.29 is 4.74 Å². The normalized spacial score (nSPS) is 8.50. The topological polar surface area (TPSA) is 35.2 Å². The van der Waals surface area contributed by atoms with E-state index in [1.165, 1.54) is 0 Å². The number of methoxy groups -OCH3 is 1. The van der Waals surface area contributed by atoms with Crippen LogP contribution in [0.5, 0.6) is 5.75 Å². The van der Waals surface area contributed by atoms with Gasteiger partial charge in [0, 0.05) is 5.69 Å². The average Bonchev–Trinajstić information content (AvgIpc) is 2.09. The number of rotatable bonds is 1. The first kappa shape index (κ1) is 8.48. The van der Waals surface area contributed by atoms with Crippen LogP contribution < -0.4 is 10.5 Å². The Morgan fingerprint density at radius 3 is 2.75 bits per heavy atom. The van der Waals surface area contributed by atoms with E-state index in [0.29, 0.717) is 5.69 Å². The Hall–Kier alpha value is -1.62. The maximum atomic E-state index is 5.67. The van der Waals surface area contributed by atoms with Gasteiger partial charge in [0.05, 0.1) is 12.7 Å². The van der Waals surface area contributed by atoms with E-state index in [1.54, 1.807) is 20.1 Å². The van der Waals surface area contributed by atoms with Crippen molar-refractivity contribution in [3.63, 3.8) is 0 Å². The maximum Gasteiger partial charge on any atom is 0.120 e. The molecular formula is C10H11NO. The second-order valence-electron chi connectivity index (χ2n) is 2.33. The van der Waals surface area contributed by atoms with Gasteiger partial charge in [0.1, 0.15) is 5.75 Å². The molecule has 62 valence electrons. The largest absolute Gasteiger partial charge is 0.497 e. The summed E-state index contributed by atoms with van der Waals surface area (Å²) in [5.74, 6) is 6.47. The van der Waals surface area contributed by atoms with Crippen molar-refractivity contribution >= 4 is 5.69 Å². The van der Waals surface area contributed by atoms with Crippen LogP contribution in [0, 0.1) is 11.8 Å². The van der Waals surface area contributed by atoms with Gasteiger partial charge in [-0.2, -0.15) is 0 Å². The van der Waals surface area contributed by atoms with E-state index < -0.39 is 0 Å². The van der Waals surface area contributed by atoms with Crippen LogP contribution in [0.1, 0.15) is 12.5 Å². The highest BCUT2D eigenvalue weighted by atomic mass is 16.5. The number of nitrogens with two attached hydrogens (primary N) is 1. The molecule has 0 aliphatic heterocycles. The Morgan fingerprint density at radius 1 is 1.42 bits per heavy atom. The first-order valence-electron chi connectivity index (χ1n) is 3.64. The van der Waals surface area contributed by atoms with E-state index in [1.807, 2.05) is 12.1 Å². The zero-order valence-corrected chi connectivity index (χ0v) is 7.22. The van der Waals surface area contributed by atoms with Crippen LogP contribution in [-0.2, 0) is 0 Å². The van der Waals surface area contributed by atoms with Gasteiger partial charge in [-0.05, 0) is 25.1 Å². The molecule has 2 nitrogen and oxygen atoms in total. The van der Waals surface area contributed by atoms with Crippen LogP contribution in [0.3, 0.4) is 0 Å². The van der Waals surface area contributed by atoms with E-state index in [4.69, 9.17) is 10.5 Å². The number of hydrogen-bond donors (Lipinski definition) is 1. The summed E-state index contributed by atoms with van der Waals surface area (Å²) in [6.07, 6.45) is 0. The van der Waals surface area contributed by atoms with Crippen molar-refractivity contribution in [2.75, 3.05) is 12.8 Å². The predicted octanol–water partition coefficient (Wildman–Crippen LogP) is 1.65. The summed E-state index contributed by atoms with van der Waals surface area (Å²) in [5, 5.41) is 0. The maximum absolute atomic E-state index is 5.67. The third-order valence-electron chi connectivity index (χ3n) is 1.52. The minimum atomic E-state index is 0.685. The van der Waals surface area contributed by atoms with Crippen LogP contribution in [0.25, 0.3) is 0 Å². The summed E-state index contributed by atoms with van der Waals surface area (Å²) >= 11 is 0. The molecule has 0 radical (unpaired) electrons. The number of benzene rings is 1. The fraction of sp³-hybridized carbons (Fsp3) is 0.200. The van der Waals surface area contributed by atoms with Crippen LogP contribution in [0.4, 0.5) is 5.69 Å². The molecule has 0 fully saturated rings. The van der Waals surface area contributed by atoms with Gasteiger partial charge in [0.2, 0.25) is 0 Å². The lowest BCUT2D eigenvalue weighted by molar-refractivity contribution is 0.415. The summed E-state index contributed by atoms with van der Waals surface area (Å²) in [6.45, 7) is 1.78. The van der Waals surface area contributed by atoms with Crippen molar-refractivity contribution in [3.05, 3.63) is 23.8 Å².